The number of hydrogen-bond acceptors (Lipinski definition) is 3. The highest BCUT2D eigenvalue weighted by Gasteiger charge is 2.15. The molecular weight excluding hydrogens is 224 g/mol. The molecule has 1 heterocycles. The number of benzene rings is 1. The van der Waals surface area contributed by atoms with Gasteiger partial charge in [0.1, 0.15) is 5.52 Å². The summed E-state index contributed by atoms with van der Waals surface area (Å²) < 4.78 is 5.71. The van der Waals surface area contributed by atoms with Gasteiger partial charge in [-0.3, -0.25) is 0 Å². The normalized spacial score (nSPS) is 12.6. The van der Waals surface area contributed by atoms with Gasteiger partial charge in [-0.25, -0.2) is 4.98 Å². The summed E-state index contributed by atoms with van der Waals surface area (Å²) >= 11 is 0. The molecule has 0 bridgehead atoms. The molecule has 0 aliphatic carbocycles. The number of aromatic nitrogens is 1. The van der Waals surface area contributed by atoms with Gasteiger partial charge in [0, 0.05) is 6.04 Å². The molecule has 2 rings (SSSR count). The van der Waals surface area contributed by atoms with E-state index in [0.717, 1.165) is 17.0 Å². The van der Waals surface area contributed by atoms with E-state index in [2.05, 4.69) is 57.1 Å². The minimum absolute atomic E-state index is 0.142. The molecule has 0 unspecified atom stereocenters. The van der Waals surface area contributed by atoms with Crippen molar-refractivity contribution in [1.82, 2.24) is 10.3 Å². The third-order valence-corrected chi connectivity index (χ3v) is 2.96. The fourth-order valence-electron chi connectivity index (χ4n) is 1.81. The molecule has 0 fully saturated rings. The van der Waals surface area contributed by atoms with Crippen molar-refractivity contribution in [3.05, 3.63) is 29.7 Å². The number of nitrogens with zero attached hydrogens (tertiary/aromatic N) is 1. The van der Waals surface area contributed by atoms with Crippen LogP contribution in [0.15, 0.2) is 22.6 Å². The molecule has 1 N–H and O–H groups in total. The second kappa shape index (κ2) is 4.73. The predicted molar refractivity (Wildman–Crippen MR) is 74.7 cm³/mol. The van der Waals surface area contributed by atoms with Crippen LogP contribution in [0.25, 0.3) is 11.1 Å². The summed E-state index contributed by atoms with van der Waals surface area (Å²) in [7, 11) is 0. The van der Waals surface area contributed by atoms with E-state index in [1.54, 1.807) is 0 Å². The summed E-state index contributed by atoms with van der Waals surface area (Å²) in [6.07, 6.45) is 0. The minimum Gasteiger partial charge on any atom is -0.439 e. The molecule has 1 aromatic heterocycles. The van der Waals surface area contributed by atoms with E-state index in [9.17, 15) is 0 Å². The van der Waals surface area contributed by atoms with Crippen LogP contribution in [0.5, 0.6) is 0 Å². The molecule has 98 valence electrons. The molecule has 0 saturated carbocycles. The van der Waals surface area contributed by atoms with Gasteiger partial charge in [0.15, 0.2) is 5.58 Å². The summed E-state index contributed by atoms with van der Waals surface area (Å²) in [5, 5.41) is 3.31. The maximum atomic E-state index is 5.71. The van der Waals surface area contributed by atoms with Crippen molar-refractivity contribution < 1.29 is 4.42 Å². The molecule has 0 amide bonds. The maximum Gasteiger partial charge on any atom is 0.209 e. The van der Waals surface area contributed by atoms with Gasteiger partial charge in [-0.1, -0.05) is 40.7 Å². The van der Waals surface area contributed by atoms with E-state index < -0.39 is 0 Å². The lowest BCUT2D eigenvalue weighted by atomic mass is 9.87. The van der Waals surface area contributed by atoms with Crippen molar-refractivity contribution in [2.45, 2.75) is 52.6 Å². The summed E-state index contributed by atoms with van der Waals surface area (Å²) in [4.78, 5) is 4.53. The second-order valence-corrected chi connectivity index (χ2v) is 6.08. The van der Waals surface area contributed by atoms with Gasteiger partial charge < -0.3 is 9.73 Å². The van der Waals surface area contributed by atoms with Crippen molar-refractivity contribution in [1.29, 1.82) is 0 Å². The number of fused-ring (bicyclic) bond motifs is 1. The molecule has 18 heavy (non-hydrogen) atoms. The SMILES string of the molecule is CC(C)NCc1nc2cc(C(C)(C)C)ccc2o1. The molecule has 0 atom stereocenters. The standard InChI is InChI=1S/C15H22N2O/c1-10(2)16-9-14-17-12-8-11(15(3,4)5)6-7-13(12)18-14/h6-8,10,16H,9H2,1-5H3. The average Bonchev–Trinajstić information content (AvgIpc) is 2.66. The molecule has 3 nitrogen and oxygen atoms in total. The highest BCUT2D eigenvalue weighted by molar-refractivity contribution is 5.73. The lowest BCUT2D eigenvalue weighted by Gasteiger charge is -2.18. The summed E-state index contributed by atoms with van der Waals surface area (Å²) in [6.45, 7) is 11.5. The van der Waals surface area contributed by atoms with Crippen LogP contribution in [-0.2, 0) is 12.0 Å². The van der Waals surface area contributed by atoms with Crippen LogP contribution in [0, 0.1) is 0 Å². The summed E-state index contributed by atoms with van der Waals surface area (Å²) in [5.74, 6) is 0.754. The van der Waals surface area contributed by atoms with Gasteiger partial charge in [0.25, 0.3) is 0 Å². The Labute approximate surface area is 109 Å². The largest absolute Gasteiger partial charge is 0.439 e. The quantitative estimate of drug-likeness (QED) is 0.898. The summed E-state index contributed by atoms with van der Waals surface area (Å²) in [6, 6.07) is 6.69. The van der Waals surface area contributed by atoms with Gasteiger partial charge >= 0.3 is 0 Å². The van der Waals surface area contributed by atoms with Crippen molar-refractivity contribution in [3.8, 4) is 0 Å². The van der Waals surface area contributed by atoms with Gasteiger partial charge in [0.05, 0.1) is 6.54 Å². The molecule has 3 heteroatoms. The molecule has 1 aromatic carbocycles. The third kappa shape index (κ3) is 2.91. The maximum absolute atomic E-state index is 5.71. The number of hydrogen-bond donors (Lipinski definition) is 1. The monoisotopic (exact) mass is 246 g/mol. The van der Waals surface area contributed by atoms with Crippen molar-refractivity contribution in [2.75, 3.05) is 0 Å². The number of rotatable bonds is 3. The Morgan fingerprint density at radius 2 is 2.00 bits per heavy atom. The number of nitrogens with one attached hydrogen (secondary N) is 1. The lowest BCUT2D eigenvalue weighted by molar-refractivity contribution is 0.472. The van der Waals surface area contributed by atoms with Gasteiger partial charge in [0.2, 0.25) is 5.89 Å². The second-order valence-electron chi connectivity index (χ2n) is 6.08. The van der Waals surface area contributed by atoms with E-state index in [4.69, 9.17) is 4.42 Å². The van der Waals surface area contributed by atoms with Gasteiger partial charge in [-0.15, -0.1) is 0 Å². The number of oxazole rings is 1. The highest BCUT2D eigenvalue weighted by Crippen LogP contribution is 2.26. The van der Waals surface area contributed by atoms with Crippen LogP contribution < -0.4 is 5.32 Å². The first kappa shape index (κ1) is 13.1. The molecule has 2 aromatic rings. The van der Waals surface area contributed by atoms with Crippen LogP contribution in [-0.4, -0.2) is 11.0 Å². The first-order valence-electron chi connectivity index (χ1n) is 6.49. The third-order valence-electron chi connectivity index (χ3n) is 2.96. The molecule has 0 aliphatic heterocycles. The van der Waals surface area contributed by atoms with Crippen molar-refractivity contribution in [2.24, 2.45) is 0 Å². The Morgan fingerprint density at radius 1 is 1.28 bits per heavy atom. The minimum atomic E-state index is 0.142. The van der Waals surface area contributed by atoms with E-state index in [1.807, 2.05) is 6.07 Å². The van der Waals surface area contributed by atoms with Crippen LogP contribution in [0.2, 0.25) is 0 Å². The van der Waals surface area contributed by atoms with Gasteiger partial charge in [-0.05, 0) is 23.1 Å². The molecule has 0 aliphatic rings. The van der Waals surface area contributed by atoms with E-state index >= 15 is 0 Å². The first-order valence-corrected chi connectivity index (χ1v) is 6.49. The summed E-state index contributed by atoms with van der Waals surface area (Å²) in [5.41, 5.74) is 3.24. The molecule has 0 saturated heterocycles. The van der Waals surface area contributed by atoms with Crippen LogP contribution >= 0.6 is 0 Å². The van der Waals surface area contributed by atoms with Crippen molar-refractivity contribution >= 4 is 11.1 Å². The smallest absolute Gasteiger partial charge is 0.209 e. The van der Waals surface area contributed by atoms with E-state index in [0.29, 0.717) is 12.6 Å². The van der Waals surface area contributed by atoms with Crippen molar-refractivity contribution in [3.63, 3.8) is 0 Å². The zero-order chi connectivity index (χ0) is 13.3. The van der Waals surface area contributed by atoms with Crippen LogP contribution in [0.1, 0.15) is 46.1 Å². The first-order chi connectivity index (χ1) is 8.36. The zero-order valence-electron chi connectivity index (χ0n) is 11.9. The Morgan fingerprint density at radius 3 is 2.61 bits per heavy atom. The lowest BCUT2D eigenvalue weighted by Crippen LogP contribution is -2.21. The van der Waals surface area contributed by atoms with Crippen LogP contribution in [0.3, 0.4) is 0 Å². The van der Waals surface area contributed by atoms with Crippen LogP contribution in [0.4, 0.5) is 0 Å². The van der Waals surface area contributed by atoms with E-state index in [-0.39, 0.29) is 5.41 Å². The fraction of sp³-hybridized carbons (Fsp3) is 0.533. The Bertz CT molecular complexity index is 535. The molecular formula is C15H22N2O. The van der Waals surface area contributed by atoms with Gasteiger partial charge in [-0.2, -0.15) is 0 Å². The van der Waals surface area contributed by atoms with E-state index in [1.165, 1.54) is 5.56 Å². The Kier molecular flexibility index (Phi) is 3.44. The highest BCUT2D eigenvalue weighted by atomic mass is 16.3. The molecule has 0 radical (unpaired) electrons. The topological polar surface area (TPSA) is 38.1 Å². The molecule has 0 spiro atoms. The zero-order valence-corrected chi connectivity index (χ0v) is 11.9. The Balaban J connectivity index is 2.28. The Hall–Kier alpha value is -1.35. The fourth-order valence-corrected chi connectivity index (χ4v) is 1.81. The average molecular weight is 246 g/mol. The predicted octanol–water partition coefficient (Wildman–Crippen LogP) is 3.62.